The number of halogens is 2. The van der Waals surface area contributed by atoms with Crippen molar-refractivity contribution in [1.82, 2.24) is 4.90 Å². The Kier molecular flexibility index (Phi) is 5.52. The predicted octanol–water partition coefficient (Wildman–Crippen LogP) is 2.39. The lowest BCUT2D eigenvalue weighted by atomic mass is 9.90. The standard InChI is InChI=1S/C14H18Cl2N2O4/c1-21-14(7-17)8-18(13(19)20)4-5-22-12(14)9-2-3-10(15)11(16)6-9/h2-3,6,12H,4-5,7-8,17H2,1H3,(H,19,20)/t12-,14-/m1/s1. The van der Waals surface area contributed by atoms with Gasteiger partial charge in [-0.2, -0.15) is 0 Å². The molecule has 0 unspecified atom stereocenters. The van der Waals surface area contributed by atoms with Crippen LogP contribution in [0.4, 0.5) is 4.79 Å². The number of rotatable bonds is 3. The van der Waals surface area contributed by atoms with Gasteiger partial charge >= 0.3 is 6.09 Å². The monoisotopic (exact) mass is 348 g/mol. The summed E-state index contributed by atoms with van der Waals surface area (Å²) in [6.45, 7) is 0.693. The smallest absolute Gasteiger partial charge is 0.407 e. The molecule has 0 saturated carbocycles. The number of nitrogens with zero attached hydrogens (tertiary/aromatic N) is 1. The van der Waals surface area contributed by atoms with Crippen molar-refractivity contribution in [2.45, 2.75) is 11.7 Å². The number of hydrogen-bond donors (Lipinski definition) is 2. The predicted molar refractivity (Wildman–Crippen MR) is 83.5 cm³/mol. The normalized spacial score (nSPS) is 25.8. The Balaban J connectivity index is 2.42. The average Bonchev–Trinajstić information content (AvgIpc) is 2.70. The third kappa shape index (κ3) is 3.31. The number of methoxy groups -OCH3 is 1. The molecule has 0 radical (unpaired) electrons. The van der Waals surface area contributed by atoms with Crippen LogP contribution >= 0.6 is 23.2 Å². The van der Waals surface area contributed by atoms with Gasteiger partial charge in [0.15, 0.2) is 0 Å². The third-order valence-electron chi connectivity index (χ3n) is 3.85. The van der Waals surface area contributed by atoms with Crippen LogP contribution < -0.4 is 5.73 Å². The minimum absolute atomic E-state index is 0.0954. The molecule has 1 amide bonds. The number of nitrogens with two attached hydrogens (primary N) is 1. The first-order valence-corrected chi connectivity index (χ1v) is 7.49. The minimum atomic E-state index is -1.03. The molecule has 1 heterocycles. The Morgan fingerprint density at radius 1 is 1.55 bits per heavy atom. The highest BCUT2D eigenvalue weighted by Crippen LogP contribution is 2.37. The molecule has 22 heavy (non-hydrogen) atoms. The molecule has 1 aliphatic rings. The first-order valence-electron chi connectivity index (χ1n) is 6.73. The number of amides is 1. The van der Waals surface area contributed by atoms with Crippen molar-refractivity contribution in [2.75, 3.05) is 33.4 Å². The molecule has 1 saturated heterocycles. The van der Waals surface area contributed by atoms with Crippen molar-refractivity contribution < 1.29 is 19.4 Å². The molecular weight excluding hydrogens is 331 g/mol. The van der Waals surface area contributed by atoms with Gasteiger partial charge in [0, 0.05) is 20.2 Å². The second-order valence-corrected chi connectivity index (χ2v) is 5.92. The summed E-state index contributed by atoms with van der Waals surface area (Å²) < 4.78 is 11.4. The summed E-state index contributed by atoms with van der Waals surface area (Å²) in [7, 11) is 1.49. The fourth-order valence-electron chi connectivity index (χ4n) is 2.58. The Bertz CT molecular complexity index is 552. The first-order chi connectivity index (χ1) is 10.4. The average molecular weight is 349 g/mol. The van der Waals surface area contributed by atoms with E-state index in [0.717, 1.165) is 5.56 Å². The highest BCUT2D eigenvalue weighted by Gasteiger charge is 2.44. The first kappa shape index (κ1) is 17.3. The van der Waals surface area contributed by atoms with Crippen LogP contribution in [0.1, 0.15) is 11.7 Å². The van der Waals surface area contributed by atoms with Crippen LogP contribution in [0.25, 0.3) is 0 Å². The van der Waals surface area contributed by atoms with Crippen LogP contribution in [-0.2, 0) is 9.47 Å². The van der Waals surface area contributed by atoms with Crippen molar-refractivity contribution in [2.24, 2.45) is 5.73 Å². The van der Waals surface area contributed by atoms with Crippen LogP contribution in [0.5, 0.6) is 0 Å². The number of ether oxygens (including phenoxy) is 2. The van der Waals surface area contributed by atoms with E-state index in [2.05, 4.69) is 0 Å². The van der Waals surface area contributed by atoms with Gasteiger partial charge in [-0.05, 0) is 17.7 Å². The second-order valence-electron chi connectivity index (χ2n) is 5.10. The fraction of sp³-hybridized carbons (Fsp3) is 0.500. The van der Waals surface area contributed by atoms with Crippen LogP contribution in [0, 0.1) is 0 Å². The molecule has 1 fully saturated rings. The van der Waals surface area contributed by atoms with E-state index in [1.165, 1.54) is 12.0 Å². The molecule has 0 bridgehead atoms. The molecule has 1 aromatic carbocycles. The Labute approximate surface area is 138 Å². The molecule has 122 valence electrons. The minimum Gasteiger partial charge on any atom is -0.465 e. The van der Waals surface area contributed by atoms with Crippen LogP contribution in [0.15, 0.2) is 18.2 Å². The van der Waals surface area contributed by atoms with Gasteiger partial charge in [0.05, 0.1) is 23.2 Å². The van der Waals surface area contributed by atoms with E-state index in [1.807, 2.05) is 0 Å². The van der Waals surface area contributed by atoms with E-state index in [1.54, 1.807) is 18.2 Å². The summed E-state index contributed by atoms with van der Waals surface area (Å²) in [6.07, 6.45) is -1.57. The summed E-state index contributed by atoms with van der Waals surface area (Å²) in [5, 5.41) is 10.1. The number of carboxylic acid groups (broad SMARTS) is 1. The van der Waals surface area contributed by atoms with Crippen molar-refractivity contribution in [3.8, 4) is 0 Å². The highest BCUT2D eigenvalue weighted by molar-refractivity contribution is 6.42. The number of benzene rings is 1. The van der Waals surface area contributed by atoms with Gasteiger partial charge in [0.1, 0.15) is 11.7 Å². The molecule has 0 aromatic heterocycles. The lowest BCUT2D eigenvalue weighted by Gasteiger charge is -2.38. The van der Waals surface area contributed by atoms with E-state index >= 15 is 0 Å². The van der Waals surface area contributed by atoms with Gasteiger partial charge in [-0.3, -0.25) is 0 Å². The maximum absolute atomic E-state index is 11.3. The summed E-state index contributed by atoms with van der Waals surface area (Å²) in [6, 6.07) is 5.13. The van der Waals surface area contributed by atoms with Gasteiger partial charge in [-0.25, -0.2) is 4.79 Å². The molecule has 2 rings (SSSR count). The van der Waals surface area contributed by atoms with E-state index < -0.39 is 17.8 Å². The van der Waals surface area contributed by atoms with Gasteiger partial charge < -0.3 is 25.2 Å². The third-order valence-corrected chi connectivity index (χ3v) is 4.59. The molecule has 0 aliphatic carbocycles. The van der Waals surface area contributed by atoms with Crippen LogP contribution in [-0.4, -0.2) is 55.1 Å². The van der Waals surface area contributed by atoms with Crippen LogP contribution in [0.3, 0.4) is 0 Å². The van der Waals surface area contributed by atoms with E-state index in [9.17, 15) is 9.90 Å². The molecular formula is C14H18Cl2N2O4. The Hall–Kier alpha value is -1.05. The van der Waals surface area contributed by atoms with Crippen LogP contribution in [0.2, 0.25) is 10.0 Å². The zero-order chi connectivity index (χ0) is 16.3. The summed E-state index contributed by atoms with van der Waals surface area (Å²) in [5.74, 6) is 0. The van der Waals surface area contributed by atoms with Crippen molar-refractivity contribution >= 4 is 29.3 Å². The van der Waals surface area contributed by atoms with Crippen molar-refractivity contribution in [3.05, 3.63) is 33.8 Å². The Morgan fingerprint density at radius 2 is 2.27 bits per heavy atom. The molecule has 8 heteroatoms. The molecule has 3 N–H and O–H groups in total. The molecule has 0 spiro atoms. The van der Waals surface area contributed by atoms with Gasteiger partial charge in [0.25, 0.3) is 0 Å². The lowest BCUT2D eigenvalue weighted by molar-refractivity contribution is -0.116. The molecule has 2 atom stereocenters. The van der Waals surface area contributed by atoms with Gasteiger partial charge in [0.2, 0.25) is 0 Å². The van der Waals surface area contributed by atoms with Crippen molar-refractivity contribution in [1.29, 1.82) is 0 Å². The summed E-state index contributed by atoms with van der Waals surface area (Å²) in [5.41, 5.74) is 5.64. The second kappa shape index (κ2) is 7.02. The molecule has 1 aromatic rings. The molecule has 1 aliphatic heterocycles. The Morgan fingerprint density at radius 3 is 2.82 bits per heavy atom. The summed E-state index contributed by atoms with van der Waals surface area (Å²) >= 11 is 12.0. The largest absolute Gasteiger partial charge is 0.465 e. The highest BCUT2D eigenvalue weighted by atomic mass is 35.5. The molecule has 6 nitrogen and oxygen atoms in total. The number of carbonyl (C=O) groups is 1. The van der Waals surface area contributed by atoms with Gasteiger partial charge in [-0.15, -0.1) is 0 Å². The van der Waals surface area contributed by atoms with E-state index in [0.29, 0.717) is 10.0 Å². The topological polar surface area (TPSA) is 85.0 Å². The van der Waals surface area contributed by atoms with E-state index in [4.69, 9.17) is 38.4 Å². The SMILES string of the molecule is CO[C@]1(CN)CN(C(=O)O)CCO[C@@H]1c1ccc(Cl)c(Cl)c1. The van der Waals surface area contributed by atoms with Gasteiger partial charge in [-0.1, -0.05) is 29.3 Å². The quantitative estimate of drug-likeness (QED) is 0.875. The maximum Gasteiger partial charge on any atom is 0.407 e. The van der Waals surface area contributed by atoms with Crippen molar-refractivity contribution in [3.63, 3.8) is 0 Å². The lowest BCUT2D eigenvalue weighted by Crippen LogP contribution is -2.53. The summed E-state index contributed by atoms with van der Waals surface area (Å²) in [4.78, 5) is 12.5. The fourth-order valence-corrected chi connectivity index (χ4v) is 2.89. The zero-order valence-electron chi connectivity index (χ0n) is 12.1. The zero-order valence-corrected chi connectivity index (χ0v) is 13.6. The number of hydrogen-bond acceptors (Lipinski definition) is 4. The van der Waals surface area contributed by atoms with E-state index in [-0.39, 0.29) is 26.2 Å². The maximum atomic E-state index is 11.3.